The zero-order chi connectivity index (χ0) is 21.1. The number of carbonyl (C=O) groups excluding carboxylic acids is 2. The Bertz CT molecular complexity index is 1010. The van der Waals surface area contributed by atoms with E-state index in [2.05, 4.69) is 10.2 Å². The van der Waals surface area contributed by atoms with E-state index in [1.807, 2.05) is 13.8 Å². The molecule has 0 fully saturated rings. The number of thioether (sulfide) groups is 1. The molecule has 0 spiro atoms. The second kappa shape index (κ2) is 8.56. The van der Waals surface area contributed by atoms with Crippen LogP contribution in [-0.4, -0.2) is 31.5 Å². The fourth-order valence-electron chi connectivity index (χ4n) is 3.07. The van der Waals surface area contributed by atoms with Crippen LogP contribution < -0.4 is 5.01 Å². The summed E-state index contributed by atoms with van der Waals surface area (Å²) in [4.78, 5) is 37.2. The lowest BCUT2D eigenvalue weighted by Gasteiger charge is -2.33. The highest BCUT2D eigenvalue weighted by molar-refractivity contribution is 8.04. The number of non-ortho nitro benzene ring substituents is 1. The van der Waals surface area contributed by atoms with Gasteiger partial charge in [0.25, 0.3) is 5.69 Å². The number of fused-ring (bicyclic) bond motifs is 1. The van der Waals surface area contributed by atoms with Crippen LogP contribution in [0.1, 0.15) is 50.9 Å². The Hall–Kier alpha value is -3.01. The number of rotatable bonds is 7. The number of carbonyl (C=O) groups is 2. The monoisotopic (exact) mass is 415 g/mol. The fraction of sp³-hybridized carbons (Fsp3) is 0.368. The van der Waals surface area contributed by atoms with Crippen LogP contribution in [-0.2, 0) is 9.59 Å². The molecular formula is C19H21N5O4S. The van der Waals surface area contributed by atoms with Gasteiger partial charge in [-0.15, -0.1) is 10.2 Å². The van der Waals surface area contributed by atoms with Gasteiger partial charge < -0.3 is 0 Å². The number of nitrogens with zero attached hydrogens (tertiary/aromatic N) is 5. The van der Waals surface area contributed by atoms with Gasteiger partial charge in [0.05, 0.1) is 15.5 Å². The number of aromatic nitrogens is 3. The molecule has 0 bridgehead atoms. The van der Waals surface area contributed by atoms with Gasteiger partial charge in [-0.05, 0) is 31.5 Å². The summed E-state index contributed by atoms with van der Waals surface area (Å²) in [5, 5.41) is 21.3. The highest BCUT2D eigenvalue weighted by atomic mass is 32.2. The number of amides is 1. The first-order valence-electron chi connectivity index (χ1n) is 9.34. The normalized spacial score (nSPS) is 13.4. The minimum Gasteiger partial charge on any atom is -0.294 e. The molecule has 0 N–H and O–H groups in total. The van der Waals surface area contributed by atoms with Gasteiger partial charge in [0, 0.05) is 30.5 Å². The van der Waals surface area contributed by atoms with Gasteiger partial charge in [0.2, 0.25) is 11.1 Å². The third-order valence-corrected chi connectivity index (χ3v) is 5.41. The molecule has 0 aliphatic carbocycles. The van der Waals surface area contributed by atoms with Crippen LogP contribution in [0.5, 0.6) is 0 Å². The van der Waals surface area contributed by atoms with E-state index in [-0.39, 0.29) is 23.8 Å². The minimum absolute atomic E-state index is 0.114. The Morgan fingerprint density at radius 1 is 1.17 bits per heavy atom. The van der Waals surface area contributed by atoms with E-state index in [4.69, 9.17) is 0 Å². The predicted molar refractivity (Wildman–Crippen MR) is 109 cm³/mol. The summed E-state index contributed by atoms with van der Waals surface area (Å²) >= 11 is 1.14. The van der Waals surface area contributed by atoms with Crippen LogP contribution >= 0.6 is 11.8 Å². The number of allylic oxidation sites excluding steroid dienone is 1. The molecule has 9 nitrogen and oxygen atoms in total. The zero-order valence-corrected chi connectivity index (χ0v) is 17.2. The molecule has 3 rings (SSSR count). The van der Waals surface area contributed by atoms with E-state index in [0.717, 1.165) is 11.8 Å². The van der Waals surface area contributed by atoms with Gasteiger partial charge >= 0.3 is 0 Å². The molecule has 1 aliphatic rings. The van der Waals surface area contributed by atoms with Crippen molar-refractivity contribution in [3.8, 4) is 0 Å². The van der Waals surface area contributed by atoms with Crippen molar-refractivity contribution in [2.75, 3.05) is 5.01 Å². The molecule has 1 aromatic carbocycles. The Labute approximate surface area is 171 Å². The van der Waals surface area contributed by atoms with Crippen LogP contribution in [0, 0.1) is 17.0 Å². The quantitative estimate of drug-likeness (QED) is 0.502. The van der Waals surface area contributed by atoms with Gasteiger partial charge in [-0.2, -0.15) is 0 Å². The molecule has 2 heterocycles. The van der Waals surface area contributed by atoms with Crippen LogP contribution in [0.4, 0.5) is 5.69 Å². The number of nitro groups is 1. The van der Waals surface area contributed by atoms with E-state index < -0.39 is 4.92 Å². The van der Waals surface area contributed by atoms with E-state index in [9.17, 15) is 19.7 Å². The van der Waals surface area contributed by atoms with Crippen LogP contribution in [0.3, 0.4) is 0 Å². The summed E-state index contributed by atoms with van der Waals surface area (Å²) in [5.41, 5.74) is 0.650. The molecule has 2 aromatic rings. The molecule has 152 valence electrons. The number of ketones is 1. The molecule has 0 atom stereocenters. The van der Waals surface area contributed by atoms with Crippen molar-refractivity contribution in [2.45, 2.75) is 51.6 Å². The first kappa shape index (κ1) is 20.7. The van der Waals surface area contributed by atoms with Crippen molar-refractivity contribution in [1.82, 2.24) is 14.9 Å². The fourth-order valence-corrected chi connectivity index (χ4v) is 4.16. The summed E-state index contributed by atoms with van der Waals surface area (Å²) in [7, 11) is 0. The molecule has 1 amide bonds. The number of benzene rings is 1. The Kier molecular flexibility index (Phi) is 6.12. The summed E-state index contributed by atoms with van der Waals surface area (Å²) in [6, 6.07) is 5.97. The first-order chi connectivity index (χ1) is 13.9. The van der Waals surface area contributed by atoms with E-state index in [1.54, 1.807) is 23.7 Å². The van der Waals surface area contributed by atoms with Crippen molar-refractivity contribution in [3.05, 3.63) is 50.7 Å². The van der Waals surface area contributed by atoms with Gasteiger partial charge in [0.15, 0.2) is 11.6 Å². The SMILES string of the molecule is CCCC(=O)C1=C(c2cccc([N+](=O)[O-])c2)N(C(=O)CCC)n2c(C)nnc2S1. The molecule has 1 aliphatic heterocycles. The number of nitro benzene ring substituents is 1. The van der Waals surface area contributed by atoms with E-state index >= 15 is 0 Å². The lowest BCUT2D eigenvalue weighted by Crippen LogP contribution is -2.42. The van der Waals surface area contributed by atoms with Crippen molar-refractivity contribution in [3.63, 3.8) is 0 Å². The Balaban J connectivity index is 2.28. The number of aryl methyl sites for hydroxylation is 1. The van der Waals surface area contributed by atoms with Gasteiger partial charge in [-0.3, -0.25) is 19.7 Å². The minimum atomic E-state index is -0.499. The molecule has 0 saturated carbocycles. The van der Waals surface area contributed by atoms with Gasteiger partial charge in [-0.25, -0.2) is 9.69 Å². The second-order valence-electron chi connectivity index (χ2n) is 6.56. The van der Waals surface area contributed by atoms with Crippen LogP contribution in [0.2, 0.25) is 0 Å². The number of hydrogen-bond acceptors (Lipinski definition) is 7. The number of hydrogen-bond donors (Lipinski definition) is 0. The maximum absolute atomic E-state index is 13.1. The summed E-state index contributed by atoms with van der Waals surface area (Å²) in [5.74, 6) is 0.113. The first-order valence-corrected chi connectivity index (χ1v) is 10.2. The van der Waals surface area contributed by atoms with Crippen molar-refractivity contribution < 1.29 is 14.5 Å². The maximum Gasteiger partial charge on any atom is 0.270 e. The van der Waals surface area contributed by atoms with Gasteiger partial charge in [-0.1, -0.05) is 26.0 Å². The summed E-state index contributed by atoms with van der Waals surface area (Å²) in [6.07, 6.45) is 1.79. The molecular weight excluding hydrogens is 394 g/mol. The number of Topliss-reactive ketones (excluding diaryl/α,β-unsaturated/α-hetero) is 1. The standard InChI is InChI=1S/C19H21N5O4S/c1-4-7-15(25)18-17(13-9-6-10-14(11-13)24(27)28)23(16(26)8-5-2)22-12(3)20-21-19(22)29-18/h6,9-11H,4-5,7-8H2,1-3H3. The molecule has 0 radical (unpaired) electrons. The smallest absolute Gasteiger partial charge is 0.270 e. The Morgan fingerprint density at radius 3 is 2.55 bits per heavy atom. The van der Waals surface area contributed by atoms with Crippen molar-refractivity contribution in [1.29, 1.82) is 0 Å². The van der Waals surface area contributed by atoms with Crippen LogP contribution in [0.15, 0.2) is 34.3 Å². The highest BCUT2D eigenvalue weighted by Gasteiger charge is 2.36. The van der Waals surface area contributed by atoms with Crippen LogP contribution in [0.25, 0.3) is 5.70 Å². The largest absolute Gasteiger partial charge is 0.294 e. The van der Waals surface area contributed by atoms with Crippen molar-refractivity contribution >= 4 is 34.8 Å². The zero-order valence-electron chi connectivity index (χ0n) is 16.4. The average Bonchev–Trinajstić information content (AvgIpc) is 3.07. The van der Waals surface area contributed by atoms with E-state index in [1.165, 1.54) is 17.1 Å². The summed E-state index contributed by atoms with van der Waals surface area (Å²) < 4.78 is 1.57. The third-order valence-electron chi connectivity index (χ3n) is 4.35. The average molecular weight is 415 g/mol. The van der Waals surface area contributed by atoms with Crippen molar-refractivity contribution in [2.24, 2.45) is 0 Å². The lowest BCUT2D eigenvalue weighted by atomic mass is 10.1. The molecule has 10 heteroatoms. The highest BCUT2D eigenvalue weighted by Crippen LogP contribution is 2.41. The third kappa shape index (κ3) is 3.93. The topological polar surface area (TPSA) is 111 Å². The second-order valence-corrected chi connectivity index (χ2v) is 7.54. The van der Waals surface area contributed by atoms with Gasteiger partial charge in [0.1, 0.15) is 0 Å². The predicted octanol–water partition coefficient (Wildman–Crippen LogP) is 3.60. The molecule has 0 saturated heterocycles. The Morgan fingerprint density at radius 2 is 1.90 bits per heavy atom. The summed E-state index contributed by atoms with van der Waals surface area (Å²) in [6.45, 7) is 5.50. The maximum atomic E-state index is 13.1. The molecule has 0 unspecified atom stereocenters. The van der Waals surface area contributed by atoms with E-state index in [0.29, 0.717) is 46.4 Å². The molecule has 1 aromatic heterocycles. The lowest BCUT2D eigenvalue weighted by molar-refractivity contribution is -0.384. The molecule has 29 heavy (non-hydrogen) atoms.